The highest BCUT2D eigenvalue weighted by Crippen LogP contribution is 2.31. The predicted octanol–water partition coefficient (Wildman–Crippen LogP) is 1.90. The van der Waals surface area contributed by atoms with Crippen LogP contribution in [0.15, 0.2) is 28.9 Å². The number of pyridine rings is 1. The maximum atomic E-state index is 5.77. The Hall–Kier alpha value is -2.61. The molecule has 0 amide bonds. The number of aromatic nitrogens is 6. The summed E-state index contributed by atoms with van der Waals surface area (Å²) in [6, 6.07) is 3.95. The zero-order valence-corrected chi connectivity index (χ0v) is 12.8. The Morgan fingerprint density at radius 1 is 1.39 bits per heavy atom. The largest absolute Gasteiger partial charge is 0.419 e. The molecule has 1 aliphatic rings. The molecule has 8 heteroatoms. The van der Waals surface area contributed by atoms with Crippen molar-refractivity contribution in [2.75, 3.05) is 6.54 Å². The van der Waals surface area contributed by atoms with E-state index in [0.29, 0.717) is 18.3 Å². The first-order valence-corrected chi connectivity index (χ1v) is 7.65. The first-order valence-electron chi connectivity index (χ1n) is 7.65. The van der Waals surface area contributed by atoms with Gasteiger partial charge >= 0.3 is 0 Å². The van der Waals surface area contributed by atoms with Crippen LogP contribution >= 0.6 is 0 Å². The van der Waals surface area contributed by atoms with E-state index in [0.717, 1.165) is 36.6 Å². The normalized spacial score (nSPS) is 18.6. The summed E-state index contributed by atoms with van der Waals surface area (Å²) in [6.07, 6.45) is 5.59. The second-order valence-electron chi connectivity index (χ2n) is 5.65. The molecule has 118 valence electrons. The fraction of sp³-hybridized carbons (Fsp3) is 0.400. The summed E-state index contributed by atoms with van der Waals surface area (Å²) >= 11 is 0. The van der Waals surface area contributed by atoms with Crippen LogP contribution in [0.1, 0.15) is 36.4 Å². The van der Waals surface area contributed by atoms with Gasteiger partial charge in [0.15, 0.2) is 5.82 Å². The van der Waals surface area contributed by atoms with Crippen LogP contribution in [0, 0.1) is 6.92 Å². The summed E-state index contributed by atoms with van der Waals surface area (Å²) in [5, 5.41) is 15.5. The second kappa shape index (κ2) is 5.88. The lowest BCUT2D eigenvalue weighted by Gasteiger charge is -2.19. The van der Waals surface area contributed by atoms with E-state index in [9.17, 15) is 0 Å². The number of aromatic amines is 1. The minimum absolute atomic E-state index is 0.202. The van der Waals surface area contributed by atoms with Crippen molar-refractivity contribution < 1.29 is 4.42 Å². The van der Waals surface area contributed by atoms with E-state index < -0.39 is 0 Å². The molecule has 0 bridgehead atoms. The lowest BCUT2D eigenvalue weighted by molar-refractivity contribution is 0.217. The van der Waals surface area contributed by atoms with Gasteiger partial charge < -0.3 is 4.42 Å². The van der Waals surface area contributed by atoms with Crippen LogP contribution in [-0.4, -0.2) is 41.8 Å². The molecule has 1 fully saturated rings. The van der Waals surface area contributed by atoms with Gasteiger partial charge in [0.2, 0.25) is 11.8 Å². The maximum Gasteiger partial charge on any atom is 0.249 e. The molecule has 1 saturated heterocycles. The van der Waals surface area contributed by atoms with Crippen molar-refractivity contribution in [3.8, 4) is 11.5 Å². The Kier molecular flexibility index (Phi) is 3.58. The van der Waals surface area contributed by atoms with Gasteiger partial charge in [0.25, 0.3) is 0 Å². The Bertz CT molecular complexity index is 782. The third kappa shape index (κ3) is 2.85. The van der Waals surface area contributed by atoms with Gasteiger partial charge in [-0.1, -0.05) is 0 Å². The van der Waals surface area contributed by atoms with Gasteiger partial charge in [0.1, 0.15) is 5.82 Å². The first kappa shape index (κ1) is 14.0. The summed E-state index contributed by atoms with van der Waals surface area (Å²) in [7, 11) is 0. The zero-order valence-electron chi connectivity index (χ0n) is 12.8. The Balaban J connectivity index is 1.50. The predicted molar refractivity (Wildman–Crippen MR) is 81.0 cm³/mol. The van der Waals surface area contributed by atoms with Crippen LogP contribution in [0.3, 0.4) is 0 Å². The minimum Gasteiger partial charge on any atom is -0.419 e. The lowest BCUT2D eigenvalue weighted by atomic mass is 10.2. The molecule has 8 nitrogen and oxygen atoms in total. The summed E-state index contributed by atoms with van der Waals surface area (Å²) in [4.78, 5) is 10.8. The number of rotatable bonds is 4. The molecule has 1 atom stereocenters. The van der Waals surface area contributed by atoms with Crippen molar-refractivity contribution in [2.24, 2.45) is 0 Å². The van der Waals surface area contributed by atoms with Crippen molar-refractivity contribution in [1.29, 1.82) is 0 Å². The Morgan fingerprint density at radius 3 is 3.13 bits per heavy atom. The highest BCUT2D eigenvalue weighted by Gasteiger charge is 2.30. The van der Waals surface area contributed by atoms with Crippen LogP contribution in [0.4, 0.5) is 0 Å². The molecule has 23 heavy (non-hydrogen) atoms. The quantitative estimate of drug-likeness (QED) is 0.786. The number of H-pyrrole nitrogens is 1. The molecule has 3 aromatic heterocycles. The van der Waals surface area contributed by atoms with Crippen molar-refractivity contribution in [3.05, 3.63) is 42.1 Å². The van der Waals surface area contributed by atoms with Crippen LogP contribution in [-0.2, 0) is 6.54 Å². The van der Waals surface area contributed by atoms with Gasteiger partial charge in [-0.3, -0.25) is 15.0 Å². The maximum absolute atomic E-state index is 5.77. The van der Waals surface area contributed by atoms with Gasteiger partial charge in [-0.25, -0.2) is 4.98 Å². The van der Waals surface area contributed by atoms with E-state index >= 15 is 0 Å². The van der Waals surface area contributed by atoms with Crippen molar-refractivity contribution in [2.45, 2.75) is 32.4 Å². The van der Waals surface area contributed by atoms with E-state index in [-0.39, 0.29) is 6.04 Å². The first-order chi connectivity index (χ1) is 11.3. The van der Waals surface area contributed by atoms with Crippen molar-refractivity contribution in [1.82, 2.24) is 35.3 Å². The second-order valence-corrected chi connectivity index (χ2v) is 5.65. The number of hydrogen-bond acceptors (Lipinski definition) is 7. The summed E-state index contributed by atoms with van der Waals surface area (Å²) in [6.45, 7) is 3.49. The molecule has 0 spiro atoms. The highest BCUT2D eigenvalue weighted by molar-refractivity contribution is 5.49. The highest BCUT2D eigenvalue weighted by atomic mass is 16.4. The molecule has 0 aliphatic carbocycles. The Labute approximate surface area is 133 Å². The summed E-state index contributed by atoms with van der Waals surface area (Å²) in [5.41, 5.74) is 0.828. The minimum atomic E-state index is 0.202. The average Bonchev–Trinajstić information content (AvgIpc) is 3.29. The average molecular weight is 311 g/mol. The third-order valence-corrected chi connectivity index (χ3v) is 3.99. The third-order valence-electron chi connectivity index (χ3n) is 3.99. The fourth-order valence-electron chi connectivity index (χ4n) is 2.91. The Morgan fingerprint density at radius 2 is 2.35 bits per heavy atom. The van der Waals surface area contributed by atoms with Gasteiger partial charge in [-0.05, 0) is 38.4 Å². The zero-order chi connectivity index (χ0) is 15.6. The van der Waals surface area contributed by atoms with Crippen molar-refractivity contribution in [3.63, 3.8) is 0 Å². The number of nitrogens with one attached hydrogen (secondary N) is 1. The smallest absolute Gasteiger partial charge is 0.249 e. The molecule has 1 N–H and O–H groups in total. The van der Waals surface area contributed by atoms with Crippen LogP contribution < -0.4 is 0 Å². The van der Waals surface area contributed by atoms with Crippen LogP contribution in [0.25, 0.3) is 11.5 Å². The van der Waals surface area contributed by atoms with E-state index in [1.165, 1.54) is 0 Å². The van der Waals surface area contributed by atoms with E-state index in [2.05, 4.69) is 35.3 Å². The summed E-state index contributed by atoms with van der Waals surface area (Å²) in [5.74, 6) is 2.77. The summed E-state index contributed by atoms with van der Waals surface area (Å²) < 4.78 is 5.77. The van der Waals surface area contributed by atoms with E-state index in [4.69, 9.17) is 4.42 Å². The monoisotopic (exact) mass is 311 g/mol. The molecule has 0 unspecified atom stereocenters. The van der Waals surface area contributed by atoms with Gasteiger partial charge in [0, 0.05) is 12.4 Å². The number of likely N-dealkylation sites (tertiary alicyclic amines) is 1. The molecule has 0 radical (unpaired) electrons. The van der Waals surface area contributed by atoms with Crippen LogP contribution in [0.5, 0.6) is 0 Å². The SMILES string of the molecule is Cc1nc([C@@H]2CCCN2Cc2nnc(-c3cccnc3)o2)n[nH]1. The molecule has 1 aliphatic heterocycles. The number of aryl methyl sites for hydroxylation is 1. The molecular weight excluding hydrogens is 294 g/mol. The topological polar surface area (TPSA) is 96.6 Å². The molecule has 0 aromatic carbocycles. The van der Waals surface area contributed by atoms with Crippen LogP contribution in [0.2, 0.25) is 0 Å². The van der Waals surface area contributed by atoms with E-state index in [1.807, 2.05) is 19.1 Å². The standard InChI is InChI=1S/C15H17N7O/c1-10-17-14(20-18-10)12-5-3-7-22(12)9-13-19-21-15(23-13)11-4-2-6-16-8-11/h2,4,6,8,12H,3,5,7,9H2,1H3,(H,17,18,20)/t12-/m0/s1. The molecule has 4 rings (SSSR count). The van der Waals surface area contributed by atoms with Gasteiger partial charge in [-0.2, -0.15) is 5.10 Å². The molecule has 3 aromatic rings. The number of nitrogens with zero attached hydrogens (tertiary/aromatic N) is 6. The van der Waals surface area contributed by atoms with Gasteiger partial charge in [0.05, 0.1) is 18.2 Å². The van der Waals surface area contributed by atoms with E-state index in [1.54, 1.807) is 12.4 Å². The fourth-order valence-corrected chi connectivity index (χ4v) is 2.91. The van der Waals surface area contributed by atoms with Crippen molar-refractivity contribution >= 4 is 0 Å². The van der Waals surface area contributed by atoms with Gasteiger partial charge in [-0.15, -0.1) is 10.2 Å². The molecular formula is C15H17N7O. The number of hydrogen-bond donors (Lipinski definition) is 1. The lowest BCUT2D eigenvalue weighted by Crippen LogP contribution is -2.23. The molecule has 4 heterocycles. The molecule has 0 saturated carbocycles.